The van der Waals surface area contributed by atoms with Gasteiger partial charge in [-0.05, 0) is 18.2 Å². The smallest absolute Gasteiger partial charge is 0.165 e. The molecular formula is C15H12FNO2S. The van der Waals surface area contributed by atoms with Crippen LogP contribution in [0.25, 0.3) is 10.2 Å². The zero-order valence-electron chi connectivity index (χ0n) is 10.5. The molecule has 0 amide bonds. The summed E-state index contributed by atoms with van der Waals surface area (Å²) in [6.45, 7) is -0.0692. The number of fused-ring (bicyclic) bond motifs is 1. The van der Waals surface area contributed by atoms with E-state index in [1.54, 1.807) is 12.1 Å². The van der Waals surface area contributed by atoms with Crippen molar-refractivity contribution in [2.24, 2.45) is 0 Å². The Morgan fingerprint density at radius 2 is 2.00 bits per heavy atom. The summed E-state index contributed by atoms with van der Waals surface area (Å²) in [5.41, 5.74) is 1.35. The molecule has 0 saturated heterocycles. The number of hydrogen-bond acceptors (Lipinski definition) is 4. The second kappa shape index (κ2) is 5.56. The highest BCUT2D eigenvalue weighted by Gasteiger charge is 2.11. The molecule has 102 valence electrons. The van der Waals surface area contributed by atoms with E-state index in [0.717, 1.165) is 15.2 Å². The van der Waals surface area contributed by atoms with Gasteiger partial charge in [-0.15, -0.1) is 11.3 Å². The largest absolute Gasteiger partial charge is 0.483 e. The highest BCUT2D eigenvalue weighted by molar-refractivity contribution is 7.18. The van der Waals surface area contributed by atoms with E-state index in [1.807, 2.05) is 24.3 Å². The van der Waals surface area contributed by atoms with Crippen LogP contribution in [0.15, 0.2) is 42.5 Å². The number of aromatic nitrogens is 1. The Bertz CT molecular complexity index is 709. The molecule has 3 rings (SSSR count). The maximum absolute atomic E-state index is 13.7. The van der Waals surface area contributed by atoms with E-state index >= 15 is 0 Å². The van der Waals surface area contributed by atoms with Crippen molar-refractivity contribution < 1.29 is 14.2 Å². The fraction of sp³-hybridized carbons (Fsp3) is 0.133. The molecule has 0 aliphatic heterocycles. The molecule has 0 spiro atoms. The first kappa shape index (κ1) is 13.0. The first-order valence-corrected chi connectivity index (χ1v) is 6.95. The van der Waals surface area contributed by atoms with Gasteiger partial charge in [0.15, 0.2) is 11.6 Å². The first-order valence-electron chi connectivity index (χ1n) is 6.13. The lowest BCUT2D eigenvalue weighted by Gasteiger charge is -2.09. The Morgan fingerprint density at radius 1 is 1.15 bits per heavy atom. The molecule has 1 aromatic heterocycles. The molecule has 1 N–H and O–H groups in total. The lowest BCUT2D eigenvalue weighted by molar-refractivity contribution is 0.251. The van der Waals surface area contributed by atoms with Gasteiger partial charge < -0.3 is 9.84 Å². The van der Waals surface area contributed by atoms with Crippen LogP contribution in [0.1, 0.15) is 10.6 Å². The van der Waals surface area contributed by atoms with Crippen LogP contribution in [0.5, 0.6) is 5.75 Å². The number of hydrogen-bond donors (Lipinski definition) is 1. The molecule has 5 heteroatoms. The Labute approximate surface area is 119 Å². The van der Waals surface area contributed by atoms with Crippen LogP contribution in [0.3, 0.4) is 0 Å². The summed E-state index contributed by atoms with van der Waals surface area (Å²) in [5, 5.41) is 9.97. The fourth-order valence-corrected chi connectivity index (χ4v) is 2.84. The van der Waals surface area contributed by atoms with Gasteiger partial charge in [-0.1, -0.05) is 24.3 Å². The minimum Gasteiger partial charge on any atom is -0.483 e. The quantitative estimate of drug-likeness (QED) is 0.799. The average Bonchev–Trinajstić information content (AvgIpc) is 2.88. The van der Waals surface area contributed by atoms with E-state index in [4.69, 9.17) is 4.74 Å². The summed E-state index contributed by atoms with van der Waals surface area (Å²) < 4.78 is 20.2. The van der Waals surface area contributed by atoms with E-state index in [0.29, 0.717) is 5.56 Å². The zero-order chi connectivity index (χ0) is 13.9. The van der Waals surface area contributed by atoms with Crippen LogP contribution >= 0.6 is 11.3 Å². The maximum Gasteiger partial charge on any atom is 0.165 e. The van der Waals surface area contributed by atoms with Gasteiger partial charge in [-0.2, -0.15) is 0 Å². The normalized spacial score (nSPS) is 10.9. The lowest BCUT2D eigenvalue weighted by Crippen LogP contribution is -2.00. The second-order valence-corrected chi connectivity index (χ2v) is 5.37. The topological polar surface area (TPSA) is 42.4 Å². The molecule has 0 radical (unpaired) electrons. The fourth-order valence-electron chi connectivity index (χ4n) is 1.96. The number of nitrogens with zero attached hydrogens (tertiary/aromatic N) is 1. The minimum atomic E-state index is -0.474. The van der Waals surface area contributed by atoms with Gasteiger partial charge >= 0.3 is 0 Å². The predicted molar refractivity (Wildman–Crippen MR) is 76.3 cm³/mol. The van der Waals surface area contributed by atoms with Crippen LogP contribution in [0, 0.1) is 5.82 Å². The number of para-hydroxylation sites is 2. The van der Waals surface area contributed by atoms with Crippen molar-refractivity contribution in [3.05, 3.63) is 58.9 Å². The van der Waals surface area contributed by atoms with Crippen molar-refractivity contribution in [3.8, 4) is 5.75 Å². The molecule has 2 aromatic carbocycles. The summed E-state index contributed by atoms with van der Waals surface area (Å²) in [7, 11) is 0. The molecule has 0 aliphatic rings. The maximum atomic E-state index is 13.7. The number of thiazole rings is 1. The van der Waals surface area contributed by atoms with E-state index in [-0.39, 0.29) is 19.0 Å². The second-order valence-electron chi connectivity index (χ2n) is 4.25. The highest BCUT2D eigenvalue weighted by atomic mass is 32.1. The summed E-state index contributed by atoms with van der Waals surface area (Å²) in [6.07, 6.45) is 0. The molecular weight excluding hydrogens is 277 g/mol. The predicted octanol–water partition coefficient (Wildman–Crippen LogP) is 3.51. The highest BCUT2D eigenvalue weighted by Crippen LogP contribution is 2.26. The molecule has 0 aliphatic carbocycles. The van der Waals surface area contributed by atoms with Crippen LogP contribution in [0.4, 0.5) is 4.39 Å². The first-order chi connectivity index (χ1) is 9.78. The van der Waals surface area contributed by atoms with Crippen LogP contribution in [0.2, 0.25) is 0 Å². The molecule has 3 nitrogen and oxygen atoms in total. The Kier molecular flexibility index (Phi) is 3.62. The van der Waals surface area contributed by atoms with Gasteiger partial charge in [0.2, 0.25) is 0 Å². The molecule has 0 bridgehead atoms. The number of benzene rings is 2. The van der Waals surface area contributed by atoms with E-state index in [9.17, 15) is 9.50 Å². The van der Waals surface area contributed by atoms with E-state index < -0.39 is 5.82 Å². The van der Waals surface area contributed by atoms with Crippen molar-refractivity contribution in [3.63, 3.8) is 0 Å². The molecule has 0 saturated carbocycles. The average molecular weight is 289 g/mol. The molecule has 3 aromatic rings. The van der Waals surface area contributed by atoms with Crippen LogP contribution in [-0.4, -0.2) is 10.1 Å². The Balaban J connectivity index is 1.82. The van der Waals surface area contributed by atoms with Gasteiger partial charge in [-0.3, -0.25) is 0 Å². The molecule has 20 heavy (non-hydrogen) atoms. The van der Waals surface area contributed by atoms with Crippen LogP contribution < -0.4 is 4.74 Å². The Hall–Kier alpha value is -1.98. The van der Waals surface area contributed by atoms with Crippen molar-refractivity contribution in [2.75, 3.05) is 0 Å². The van der Waals surface area contributed by atoms with Crippen LogP contribution in [-0.2, 0) is 13.2 Å². The van der Waals surface area contributed by atoms with Crippen molar-refractivity contribution >= 4 is 21.6 Å². The molecule has 1 heterocycles. The van der Waals surface area contributed by atoms with Crippen molar-refractivity contribution in [1.29, 1.82) is 0 Å². The third kappa shape index (κ3) is 2.50. The minimum absolute atomic E-state index is 0.0919. The number of rotatable bonds is 4. The SMILES string of the molecule is OCc1cccc(F)c1OCc1nc2ccccc2s1. The third-order valence-electron chi connectivity index (χ3n) is 2.90. The number of halogens is 1. The van der Waals surface area contributed by atoms with Gasteiger partial charge in [0.25, 0.3) is 0 Å². The van der Waals surface area contributed by atoms with E-state index in [2.05, 4.69) is 4.98 Å². The number of ether oxygens (including phenoxy) is 1. The Morgan fingerprint density at radius 3 is 2.80 bits per heavy atom. The molecule has 0 fully saturated rings. The number of aliphatic hydroxyl groups excluding tert-OH is 1. The van der Waals surface area contributed by atoms with Gasteiger partial charge in [0.05, 0.1) is 16.8 Å². The number of aliphatic hydroxyl groups is 1. The summed E-state index contributed by atoms with van der Waals surface area (Å²) in [5.74, 6) is -0.382. The monoisotopic (exact) mass is 289 g/mol. The summed E-state index contributed by atoms with van der Waals surface area (Å²) in [6, 6.07) is 12.3. The van der Waals surface area contributed by atoms with Gasteiger partial charge in [0, 0.05) is 5.56 Å². The van der Waals surface area contributed by atoms with Crippen molar-refractivity contribution in [1.82, 2.24) is 4.98 Å². The van der Waals surface area contributed by atoms with Gasteiger partial charge in [-0.25, -0.2) is 9.37 Å². The van der Waals surface area contributed by atoms with Gasteiger partial charge in [0.1, 0.15) is 11.6 Å². The molecule has 0 unspecified atom stereocenters. The lowest BCUT2D eigenvalue weighted by atomic mass is 10.2. The summed E-state index contributed by atoms with van der Waals surface area (Å²) in [4.78, 5) is 4.42. The standard InChI is InChI=1S/C15H12FNO2S/c16-11-5-3-4-10(8-18)15(11)19-9-14-17-12-6-1-2-7-13(12)20-14/h1-7,18H,8-9H2. The van der Waals surface area contributed by atoms with Crippen molar-refractivity contribution in [2.45, 2.75) is 13.2 Å². The zero-order valence-corrected chi connectivity index (χ0v) is 11.4. The molecule has 0 atom stereocenters. The van der Waals surface area contributed by atoms with E-state index in [1.165, 1.54) is 17.4 Å². The third-order valence-corrected chi connectivity index (χ3v) is 3.91. The summed E-state index contributed by atoms with van der Waals surface area (Å²) >= 11 is 1.51.